The number of rotatable bonds is 4. The monoisotopic (exact) mass is 237 g/mol. The number of hydrogen-bond donors (Lipinski definition) is 1. The molecule has 1 aliphatic rings. The lowest BCUT2D eigenvalue weighted by atomic mass is 9.85. The number of nitrogens with two attached hydrogens (primary N) is 1. The molecule has 0 aromatic rings. The number of nitriles is 1. The Morgan fingerprint density at radius 3 is 2.65 bits per heavy atom. The van der Waals surface area contributed by atoms with Crippen LogP contribution in [0.4, 0.5) is 0 Å². The van der Waals surface area contributed by atoms with Gasteiger partial charge in [0.05, 0.1) is 6.07 Å². The van der Waals surface area contributed by atoms with Crippen LogP contribution < -0.4 is 5.73 Å². The van der Waals surface area contributed by atoms with Crippen LogP contribution in [-0.2, 0) is 0 Å². The molecular formula is C14H27N3. The van der Waals surface area contributed by atoms with E-state index in [1.54, 1.807) is 0 Å². The minimum atomic E-state index is -0.656. The van der Waals surface area contributed by atoms with Crippen molar-refractivity contribution in [1.82, 2.24) is 4.90 Å². The van der Waals surface area contributed by atoms with E-state index in [0.717, 1.165) is 31.2 Å². The van der Waals surface area contributed by atoms with Crippen LogP contribution in [0.15, 0.2) is 0 Å². The van der Waals surface area contributed by atoms with Gasteiger partial charge in [0.1, 0.15) is 5.54 Å². The van der Waals surface area contributed by atoms with E-state index in [0.29, 0.717) is 6.04 Å². The van der Waals surface area contributed by atoms with Crippen molar-refractivity contribution in [2.24, 2.45) is 17.6 Å². The van der Waals surface area contributed by atoms with Crippen molar-refractivity contribution in [2.45, 2.75) is 58.5 Å². The largest absolute Gasteiger partial charge is 0.314 e. The van der Waals surface area contributed by atoms with Crippen LogP contribution in [0.1, 0.15) is 47.0 Å². The van der Waals surface area contributed by atoms with Crippen molar-refractivity contribution in [1.29, 1.82) is 5.26 Å². The van der Waals surface area contributed by atoms with Crippen molar-refractivity contribution in [2.75, 3.05) is 13.1 Å². The first-order chi connectivity index (χ1) is 7.85. The molecule has 0 spiro atoms. The average Bonchev–Trinajstić information content (AvgIpc) is 2.24. The van der Waals surface area contributed by atoms with Crippen LogP contribution in [0.5, 0.6) is 0 Å². The van der Waals surface area contributed by atoms with E-state index in [-0.39, 0.29) is 0 Å². The SMILES string of the molecule is CC1CC(C)C(C)N(CCCC(C)(N)C#N)C1. The van der Waals surface area contributed by atoms with Gasteiger partial charge in [-0.2, -0.15) is 5.26 Å². The van der Waals surface area contributed by atoms with E-state index in [1.807, 2.05) is 6.92 Å². The third-order valence-electron chi connectivity index (χ3n) is 4.12. The Morgan fingerprint density at radius 1 is 1.41 bits per heavy atom. The first kappa shape index (κ1) is 14.5. The predicted molar refractivity (Wildman–Crippen MR) is 71.4 cm³/mol. The van der Waals surface area contributed by atoms with Gasteiger partial charge in [0.25, 0.3) is 0 Å². The molecule has 1 saturated heterocycles. The number of hydrogen-bond acceptors (Lipinski definition) is 3. The molecule has 4 unspecified atom stereocenters. The van der Waals surface area contributed by atoms with Gasteiger partial charge < -0.3 is 10.6 Å². The molecular weight excluding hydrogens is 210 g/mol. The van der Waals surface area contributed by atoms with Crippen LogP contribution in [0.25, 0.3) is 0 Å². The second-order valence-electron chi connectivity index (χ2n) is 6.19. The van der Waals surface area contributed by atoms with E-state index in [2.05, 4.69) is 31.7 Å². The molecule has 1 aliphatic heterocycles. The zero-order chi connectivity index (χ0) is 13.1. The highest BCUT2D eigenvalue weighted by Crippen LogP contribution is 2.27. The van der Waals surface area contributed by atoms with E-state index < -0.39 is 5.54 Å². The van der Waals surface area contributed by atoms with Gasteiger partial charge in [0.2, 0.25) is 0 Å². The zero-order valence-corrected chi connectivity index (χ0v) is 11.7. The fraction of sp³-hybridized carbons (Fsp3) is 0.929. The maximum Gasteiger partial charge on any atom is 0.101 e. The standard InChI is InChI=1S/C14H27N3/c1-11-8-12(2)13(3)17(9-11)7-5-6-14(4,16)10-15/h11-13H,5-9,16H2,1-4H3. The van der Waals surface area contributed by atoms with E-state index in [1.165, 1.54) is 13.0 Å². The maximum atomic E-state index is 8.88. The van der Waals surface area contributed by atoms with E-state index in [4.69, 9.17) is 11.0 Å². The quantitative estimate of drug-likeness (QED) is 0.816. The molecule has 0 aliphatic carbocycles. The van der Waals surface area contributed by atoms with Crippen molar-refractivity contribution in [3.8, 4) is 6.07 Å². The lowest BCUT2D eigenvalue weighted by molar-refractivity contribution is 0.0773. The van der Waals surface area contributed by atoms with Crippen LogP contribution in [-0.4, -0.2) is 29.6 Å². The maximum absolute atomic E-state index is 8.88. The second-order valence-corrected chi connectivity index (χ2v) is 6.19. The summed E-state index contributed by atoms with van der Waals surface area (Å²) >= 11 is 0. The van der Waals surface area contributed by atoms with Crippen molar-refractivity contribution in [3.05, 3.63) is 0 Å². The number of likely N-dealkylation sites (tertiary alicyclic amines) is 1. The van der Waals surface area contributed by atoms with Gasteiger partial charge in [-0.1, -0.05) is 13.8 Å². The Bertz CT molecular complexity index is 280. The molecule has 3 heteroatoms. The van der Waals surface area contributed by atoms with E-state index in [9.17, 15) is 0 Å². The van der Waals surface area contributed by atoms with Gasteiger partial charge >= 0.3 is 0 Å². The highest BCUT2D eigenvalue weighted by molar-refractivity contribution is 5.00. The molecule has 1 heterocycles. The fourth-order valence-electron chi connectivity index (χ4n) is 2.83. The summed E-state index contributed by atoms with van der Waals surface area (Å²) in [6.45, 7) is 11.1. The first-order valence-corrected chi connectivity index (χ1v) is 6.80. The second kappa shape index (κ2) is 5.84. The Morgan fingerprint density at radius 2 is 2.06 bits per heavy atom. The van der Waals surface area contributed by atoms with Crippen LogP contribution >= 0.6 is 0 Å². The fourth-order valence-corrected chi connectivity index (χ4v) is 2.83. The molecule has 0 aromatic heterocycles. The molecule has 0 saturated carbocycles. The van der Waals surface area contributed by atoms with Crippen molar-refractivity contribution < 1.29 is 0 Å². The summed E-state index contributed by atoms with van der Waals surface area (Å²) in [5, 5.41) is 8.88. The minimum absolute atomic E-state index is 0.656. The molecule has 17 heavy (non-hydrogen) atoms. The lowest BCUT2D eigenvalue weighted by Gasteiger charge is -2.41. The molecule has 2 N–H and O–H groups in total. The Labute approximate surface area is 106 Å². The highest BCUT2D eigenvalue weighted by Gasteiger charge is 2.28. The third-order valence-corrected chi connectivity index (χ3v) is 4.12. The van der Waals surface area contributed by atoms with Gasteiger partial charge in [0.15, 0.2) is 0 Å². The predicted octanol–water partition coefficient (Wildman–Crippen LogP) is 2.37. The summed E-state index contributed by atoms with van der Waals surface area (Å²) < 4.78 is 0. The highest BCUT2D eigenvalue weighted by atomic mass is 15.2. The summed E-state index contributed by atoms with van der Waals surface area (Å²) in [6, 6.07) is 2.83. The summed E-state index contributed by atoms with van der Waals surface area (Å²) in [6.07, 6.45) is 3.14. The van der Waals surface area contributed by atoms with Gasteiger partial charge in [-0.3, -0.25) is 0 Å². The Kier molecular flexibility index (Phi) is 4.97. The van der Waals surface area contributed by atoms with Gasteiger partial charge in [-0.05, 0) is 51.5 Å². The molecule has 0 bridgehead atoms. The summed E-state index contributed by atoms with van der Waals surface area (Å²) in [4.78, 5) is 2.56. The molecule has 1 fully saturated rings. The zero-order valence-electron chi connectivity index (χ0n) is 11.7. The minimum Gasteiger partial charge on any atom is -0.314 e. The smallest absolute Gasteiger partial charge is 0.101 e. The summed E-state index contributed by atoms with van der Waals surface area (Å²) in [5.74, 6) is 1.57. The van der Waals surface area contributed by atoms with E-state index >= 15 is 0 Å². The molecule has 4 atom stereocenters. The molecule has 98 valence electrons. The topological polar surface area (TPSA) is 53.0 Å². The molecule has 0 radical (unpaired) electrons. The molecule has 3 nitrogen and oxygen atoms in total. The lowest BCUT2D eigenvalue weighted by Crippen LogP contribution is -2.46. The molecule has 0 aromatic carbocycles. The number of nitrogens with zero attached hydrogens (tertiary/aromatic N) is 2. The van der Waals surface area contributed by atoms with Gasteiger partial charge in [-0.15, -0.1) is 0 Å². The van der Waals surface area contributed by atoms with Crippen LogP contribution in [0.2, 0.25) is 0 Å². The van der Waals surface area contributed by atoms with Gasteiger partial charge in [-0.25, -0.2) is 0 Å². The summed E-state index contributed by atoms with van der Waals surface area (Å²) in [5.41, 5.74) is 5.18. The normalized spacial score (nSPS) is 34.0. The summed E-state index contributed by atoms with van der Waals surface area (Å²) in [7, 11) is 0. The Balaban J connectivity index is 2.38. The van der Waals surface area contributed by atoms with Gasteiger partial charge in [0, 0.05) is 12.6 Å². The third kappa shape index (κ3) is 4.29. The molecule has 1 rings (SSSR count). The molecule has 0 amide bonds. The van der Waals surface area contributed by atoms with Crippen molar-refractivity contribution >= 4 is 0 Å². The van der Waals surface area contributed by atoms with Crippen LogP contribution in [0.3, 0.4) is 0 Å². The van der Waals surface area contributed by atoms with Crippen LogP contribution in [0, 0.1) is 23.2 Å². The first-order valence-electron chi connectivity index (χ1n) is 6.80. The Hall–Kier alpha value is -0.590. The van der Waals surface area contributed by atoms with Crippen molar-refractivity contribution in [3.63, 3.8) is 0 Å². The number of piperidine rings is 1. The average molecular weight is 237 g/mol.